The Morgan fingerprint density at radius 2 is 2.04 bits per heavy atom. The number of nitrogens with one attached hydrogen (secondary N) is 1. The molecule has 5 nitrogen and oxygen atoms in total. The Labute approximate surface area is 163 Å². The fourth-order valence-electron chi connectivity index (χ4n) is 3.25. The minimum Gasteiger partial charge on any atom is -0.350 e. The zero-order valence-electron chi connectivity index (χ0n) is 14.7. The van der Waals surface area contributed by atoms with Gasteiger partial charge in [-0.25, -0.2) is 9.97 Å². The SMILES string of the molecule is O=C(NCCc1cccc(Cl)c1)c1ccnc(N2CCc3ccccc32)n1. The first-order valence-electron chi connectivity index (χ1n) is 8.92. The molecule has 3 aromatic rings. The summed E-state index contributed by atoms with van der Waals surface area (Å²) in [5.41, 5.74) is 3.84. The molecule has 1 aliphatic rings. The number of para-hydroxylation sites is 1. The smallest absolute Gasteiger partial charge is 0.270 e. The fraction of sp³-hybridized carbons (Fsp3) is 0.190. The van der Waals surface area contributed by atoms with E-state index in [1.165, 1.54) is 5.56 Å². The first kappa shape index (κ1) is 17.5. The Balaban J connectivity index is 1.42. The van der Waals surface area contributed by atoms with Crippen molar-refractivity contribution in [3.63, 3.8) is 0 Å². The Bertz CT molecular complexity index is 976. The fourth-order valence-corrected chi connectivity index (χ4v) is 3.47. The van der Waals surface area contributed by atoms with Gasteiger partial charge in [0.15, 0.2) is 0 Å². The summed E-state index contributed by atoms with van der Waals surface area (Å²) in [7, 11) is 0. The van der Waals surface area contributed by atoms with E-state index in [1.807, 2.05) is 36.4 Å². The van der Waals surface area contributed by atoms with Gasteiger partial charge >= 0.3 is 0 Å². The third-order valence-corrected chi connectivity index (χ3v) is 4.83. The maximum Gasteiger partial charge on any atom is 0.270 e. The van der Waals surface area contributed by atoms with Gasteiger partial charge < -0.3 is 10.2 Å². The number of rotatable bonds is 5. The van der Waals surface area contributed by atoms with Crippen molar-refractivity contribution in [2.75, 3.05) is 18.0 Å². The van der Waals surface area contributed by atoms with Crippen molar-refractivity contribution in [1.29, 1.82) is 0 Å². The topological polar surface area (TPSA) is 58.1 Å². The van der Waals surface area contributed by atoms with Gasteiger partial charge in [-0.05, 0) is 48.2 Å². The molecule has 0 spiro atoms. The molecule has 0 atom stereocenters. The zero-order chi connectivity index (χ0) is 18.6. The first-order chi connectivity index (χ1) is 13.2. The summed E-state index contributed by atoms with van der Waals surface area (Å²) in [6, 6.07) is 17.5. The molecule has 4 rings (SSSR count). The number of hydrogen-bond acceptors (Lipinski definition) is 4. The van der Waals surface area contributed by atoms with Crippen LogP contribution in [-0.4, -0.2) is 29.0 Å². The van der Waals surface area contributed by atoms with E-state index in [0.29, 0.717) is 29.6 Å². The van der Waals surface area contributed by atoms with Crippen LogP contribution in [0.4, 0.5) is 11.6 Å². The Morgan fingerprint density at radius 3 is 2.93 bits per heavy atom. The summed E-state index contributed by atoms with van der Waals surface area (Å²) >= 11 is 5.99. The highest BCUT2D eigenvalue weighted by Crippen LogP contribution is 2.32. The van der Waals surface area contributed by atoms with E-state index in [9.17, 15) is 4.79 Å². The number of benzene rings is 2. The molecule has 2 heterocycles. The minimum atomic E-state index is -0.201. The van der Waals surface area contributed by atoms with E-state index in [0.717, 1.165) is 24.2 Å². The maximum atomic E-state index is 12.5. The number of nitrogens with zero attached hydrogens (tertiary/aromatic N) is 3. The predicted octanol–water partition coefficient (Wildman–Crippen LogP) is 3.80. The van der Waals surface area contributed by atoms with Crippen LogP contribution in [-0.2, 0) is 12.8 Å². The summed E-state index contributed by atoms with van der Waals surface area (Å²) in [4.78, 5) is 23.4. The molecule has 0 aliphatic carbocycles. The summed E-state index contributed by atoms with van der Waals surface area (Å²) < 4.78 is 0. The standard InChI is InChI=1S/C21H19ClN4O/c22-17-6-3-4-15(14-17)8-11-23-20(27)18-9-12-24-21(25-18)26-13-10-16-5-1-2-7-19(16)26/h1-7,9,12,14H,8,10-11,13H2,(H,23,27). The van der Waals surface area contributed by atoms with Gasteiger partial charge in [-0.15, -0.1) is 0 Å². The molecule has 2 aromatic carbocycles. The highest BCUT2D eigenvalue weighted by atomic mass is 35.5. The van der Waals surface area contributed by atoms with Gasteiger partial charge in [0.2, 0.25) is 5.95 Å². The molecule has 6 heteroatoms. The van der Waals surface area contributed by atoms with Gasteiger partial charge in [0, 0.05) is 30.0 Å². The van der Waals surface area contributed by atoms with Crippen molar-refractivity contribution in [3.8, 4) is 0 Å². The van der Waals surface area contributed by atoms with Gasteiger partial charge in [0.1, 0.15) is 5.69 Å². The quantitative estimate of drug-likeness (QED) is 0.733. The van der Waals surface area contributed by atoms with Gasteiger partial charge in [-0.1, -0.05) is 41.9 Å². The lowest BCUT2D eigenvalue weighted by Gasteiger charge is -2.17. The number of fused-ring (bicyclic) bond motifs is 1. The Hall–Kier alpha value is -2.92. The number of carbonyl (C=O) groups is 1. The van der Waals surface area contributed by atoms with E-state index in [1.54, 1.807) is 12.3 Å². The molecule has 0 saturated heterocycles. The van der Waals surface area contributed by atoms with Crippen LogP contribution in [0, 0.1) is 0 Å². The highest BCUT2D eigenvalue weighted by Gasteiger charge is 2.22. The zero-order valence-corrected chi connectivity index (χ0v) is 15.5. The van der Waals surface area contributed by atoms with Crippen LogP contribution in [0.1, 0.15) is 21.6 Å². The molecule has 27 heavy (non-hydrogen) atoms. The van der Waals surface area contributed by atoms with Crippen molar-refractivity contribution < 1.29 is 4.79 Å². The average Bonchev–Trinajstić information content (AvgIpc) is 3.12. The van der Waals surface area contributed by atoms with Crippen LogP contribution in [0.2, 0.25) is 5.02 Å². The predicted molar refractivity (Wildman–Crippen MR) is 107 cm³/mol. The molecule has 136 valence electrons. The summed E-state index contributed by atoms with van der Waals surface area (Å²) in [5.74, 6) is 0.357. The van der Waals surface area contributed by atoms with E-state index < -0.39 is 0 Å². The van der Waals surface area contributed by atoms with Gasteiger partial charge in [0.25, 0.3) is 5.91 Å². The highest BCUT2D eigenvalue weighted by molar-refractivity contribution is 6.30. The minimum absolute atomic E-state index is 0.201. The second-order valence-corrected chi connectivity index (χ2v) is 6.84. The number of halogens is 1. The van der Waals surface area contributed by atoms with Crippen LogP contribution < -0.4 is 10.2 Å². The van der Waals surface area contributed by atoms with Gasteiger partial charge in [-0.2, -0.15) is 0 Å². The van der Waals surface area contributed by atoms with Gasteiger partial charge in [-0.3, -0.25) is 4.79 Å². The van der Waals surface area contributed by atoms with Crippen molar-refractivity contribution in [3.05, 3.63) is 82.6 Å². The van der Waals surface area contributed by atoms with Crippen LogP contribution in [0.25, 0.3) is 0 Å². The number of amides is 1. The van der Waals surface area contributed by atoms with E-state index in [4.69, 9.17) is 11.6 Å². The molecular formula is C21H19ClN4O. The lowest BCUT2D eigenvalue weighted by molar-refractivity contribution is 0.0949. The molecule has 0 fully saturated rings. The largest absolute Gasteiger partial charge is 0.350 e. The van der Waals surface area contributed by atoms with Crippen molar-refractivity contribution in [2.45, 2.75) is 12.8 Å². The van der Waals surface area contributed by atoms with Gasteiger partial charge in [0.05, 0.1) is 0 Å². The lowest BCUT2D eigenvalue weighted by atomic mass is 10.1. The Kier molecular flexibility index (Phi) is 5.03. The number of hydrogen-bond donors (Lipinski definition) is 1. The van der Waals surface area contributed by atoms with E-state index in [-0.39, 0.29) is 5.91 Å². The second-order valence-electron chi connectivity index (χ2n) is 6.41. The van der Waals surface area contributed by atoms with Crippen LogP contribution >= 0.6 is 11.6 Å². The van der Waals surface area contributed by atoms with Crippen molar-refractivity contribution in [1.82, 2.24) is 15.3 Å². The molecule has 1 amide bonds. The van der Waals surface area contributed by atoms with Crippen molar-refractivity contribution in [2.24, 2.45) is 0 Å². The molecule has 0 bridgehead atoms. The normalized spacial score (nSPS) is 12.7. The monoisotopic (exact) mass is 378 g/mol. The van der Waals surface area contributed by atoms with Crippen LogP contribution in [0.3, 0.4) is 0 Å². The molecular weight excluding hydrogens is 360 g/mol. The number of aromatic nitrogens is 2. The number of anilines is 2. The summed E-state index contributed by atoms with van der Waals surface area (Å²) in [5, 5.41) is 3.61. The lowest BCUT2D eigenvalue weighted by Crippen LogP contribution is -2.27. The van der Waals surface area contributed by atoms with E-state index in [2.05, 4.69) is 32.3 Å². The molecule has 1 N–H and O–H groups in total. The van der Waals surface area contributed by atoms with E-state index >= 15 is 0 Å². The Morgan fingerprint density at radius 1 is 1.15 bits per heavy atom. The second kappa shape index (κ2) is 7.76. The molecule has 1 aromatic heterocycles. The van der Waals surface area contributed by atoms with Crippen LogP contribution in [0.5, 0.6) is 0 Å². The first-order valence-corrected chi connectivity index (χ1v) is 9.29. The molecule has 0 saturated carbocycles. The maximum absolute atomic E-state index is 12.5. The summed E-state index contributed by atoms with van der Waals surface area (Å²) in [6.07, 6.45) is 3.30. The molecule has 0 radical (unpaired) electrons. The summed E-state index contributed by atoms with van der Waals surface area (Å²) in [6.45, 7) is 1.34. The molecule has 0 unspecified atom stereocenters. The van der Waals surface area contributed by atoms with Crippen molar-refractivity contribution >= 4 is 29.1 Å². The molecule has 1 aliphatic heterocycles. The number of carbonyl (C=O) groups excluding carboxylic acids is 1. The third-order valence-electron chi connectivity index (χ3n) is 4.59. The average molecular weight is 379 g/mol. The van der Waals surface area contributed by atoms with Crippen LogP contribution in [0.15, 0.2) is 60.8 Å². The third kappa shape index (κ3) is 3.93.